The van der Waals surface area contributed by atoms with Crippen molar-refractivity contribution in [1.82, 2.24) is 5.32 Å². The molecule has 0 aliphatic carbocycles. The maximum absolute atomic E-state index is 11.9. The average Bonchev–Trinajstić information content (AvgIpc) is 2.94. The molecule has 1 aromatic carbocycles. The molecule has 2 N–H and O–H groups in total. The molecule has 0 spiro atoms. The van der Waals surface area contributed by atoms with E-state index in [0.29, 0.717) is 0 Å². The topological polar surface area (TPSA) is 71.3 Å². The number of carbonyl (C=O) groups excluding carboxylic acids is 2. The molecular weight excluding hydrogens is 268 g/mol. The molecule has 0 unspecified atom stereocenters. The maximum atomic E-state index is 11.9. The van der Waals surface area contributed by atoms with Crippen LogP contribution in [-0.2, 0) is 4.79 Å². The van der Waals surface area contributed by atoms with E-state index in [1.54, 1.807) is 12.1 Å². The van der Waals surface area contributed by atoms with E-state index in [9.17, 15) is 9.59 Å². The largest absolute Gasteiger partial charge is 0.459 e. The van der Waals surface area contributed by atoms with Crippen molar-refractivity contribution in [2.45, 2.75) is 20.8 Å². The van der Waals surface area contributed by atoms with Gasteiger partial charge in [-0.05, 0) is 44.0 Å². The van der Waals surface area contributed by atoms with E-state index in [1.807, 2.05) is 32.9 Å². The predicted octanol–water partition coefficient (Wildman–Crippen LogP) is 2.57. The van der Waals surface area contributed by atoms with Gasteiger partial charge in [-0.3, -0.25) is 9.59 Å². The summed E-state index contributed by atoms with van der Waals surface area (Å²) >= 11 is 0. The number of aryl methyl sites for hydroxylation is 3. The SMILES string of the molecule is Cc1cc(C)c(NC(=O)CNC(=O)c2ccco2)c(C)c1. The number of furan rings is 1. The lowest BCUT2D eigenvalue weighted by Gasteiger charge is -2.13. The number of hydrogen-bond donors (Lipinski definition) is 2. The van der Waals surface area contributed by atoms with Crippen molar-refractivity contribution >= 4 is 17.5 Å². The molecule has 0 saturated carbocycles. The van der Waals surface area contributed by atoms with Crippen LogP contribution in [0.4, 0.5) is 5.69 Å². The summed E-state index contributed by atoms with van der Waals surface area (Å²) in [6, 6.07) is 7.17. The second kappa shape index (κ2) is 6.26. The van der Waals surface area contributed by atoms with Gasteiger partial charge in [-0.2, -0.15) is 0 Å². The summed E-state index contributed by atoms with van der Waals surface area (Å²) < 4.78 is 4.95. The van der Waals surface area contributed by atoms with E-state index in [0.717, 1.165) is 22.4 Å². The first-order valence-corrected chi connectivity index (χ1v) is 6.67. The van der Waals surface area contributed by atoms with Crippen molar-refractivity contribution in [1.29, 1.82) is 0 Å². The number of carbonyl (C=O) groups is 2. The van der Waals surface area contributed by atoms with E-state index in [1.165, 1.54) is 6.26 Å². The molecule has 0 radical (unpaired) electrons. The van der Waals surface area contributed by atoms with E-state index >= 15 is 0 Å². The molecule has 0 saturated heterocycles. The molecule has 2 rings (SSSR count). The van der Waals surface area contributed by atoms with Gasteiger partial charge in [0.1, 0.15) is 0 Å². The van der Waals surface area contributed by atoms with Crippen molar-refractivity contribution in [3.8, 4) is 0 Å². The number of anilines is 1. The highest BCUT2D eigenvalue weighted by atomic mass is 16.3. The molecule has 2 aromatic rings. The van der Waals surface area contributed by atoms with Gasteiger partial charge in [0.25, 0.3) is 5.91 Å². The Morgan fingerprint density at radius 2 is 1.81 bits per heavy atom. The summed E-state index contributed by atoms with van der Waals surface area (Å²) in [4.78, 5) is 23.6. The third-order valence-electron chi connectivity index (χ3n) is 3.10. The van der Waals surface area contributed by atoms with Gasteiger partial charge < -0.3 is 15.1 Å². The fourth-order valence-corrected chi connectivity index (χ4v) is 2.22. The smallest absolute Gasteiger partial charge is 0.287 e. The zero-order chi connectivity index (χ0) is 15.4. The number of benzene rings is 1. The molecule has 1 aromatic heterocycles. The minimum Gasteiger partial charge on any atom is -0.459 e. The highest BCUT2D eigenvalue weighted by Crippen LogP contribution is 2.21. The Labute approximate surface area is 123 Å². The Balaban J connectivity index is 1.95. The molecular formula is C16H18N2O3. The quantitative estimate of drug-likeness (QED) is 0.907. The van der Waals surface area contributed by atoms with Gasteiger partial charge >= 0.3 is 0 Å². The van der Waals surface area contributed by atoms with Crippen molar-refractivity contribution in [2.75, 3.05) is 11.9 Å². The van der Waals surface area contributed by atoms with Crippen LogP contribution in [0.1, 0.15) is 27.2 Å². The van der Waals surface area contributed by atoms with Gasteiger partial charge in [-0.25, -0.2) is 0 Å². The molecule has 5 nitrogen and oxygen atoms in total. The van der Waals surface area contributed by atoms with Crippen LogP contribution in [0.5, 0.6) is 0 Å². The van der Waals surface area contributed by atoms with E-state index in [2.05, 4.69) is 10.6 Å². The van der Waals surface area contributed by atoms with E-state index < -0.39 is 5.91 Å². The summed E-state index contributed by atoms with van der Waals surface area (Å²) in [5.74, 6) is -0.497. The van der Waals surface area contributed by atoms with E-state index in [-0.39, 0.29) is 18.2 Å². The first-order valence-electron chi connectivity index (χ1n) is 6.67. The van der Waals surface area contributed by atoms with Gasteiger partial charge in [0, 0.05) is 5.69 Å². The predicted molar refractivity (Wildman–Crippen MR) is 80.3 cm³/mol. The lowest BCUT2D eigenvalue weighted by Crippen LogP contribution is -2.32. The van der Waals surface area contributed by atoms with Crippen LogP contribution in [0.15, 0.2) is 34.9 Å². The van der Waals surface area contributed by atoms with Gasteiger partial charge in [-0.15, -0.1) is 0 Å². The summed E-state index contributed by atoms with van der Waals surface area (Å²) in [7, 11) is 0. The molecule has 0 aliphatic rings. The van der Waals surface area contributed by atoms with Crippen LogP contribution in [0.25, 0.3) is 0 Å². The molecule has 0 fully saturated rings. The molecule has 5 heteroatoms. The lowest BCUT2D eigenvalue weighted by atomic mass is 10.1. The molecule has 110 valence electrons. The van der Waals surface area contributed by atoms with Crippen LogP contribution in [0.3, 0.4) is 0 Å². The van der Waals surface area contributed by atoms with Gasteiger partial charge in [-0.1, -0.05) is 17.7 Å². The maximum Gasteiger partial charge on any atom is 0.287 e. The fraction of sp³-hybridized carbons (Fsp3) is 0.250. The Morgan fingerprint density at radius 3 is 2.38 bits per heavy atom. The fourth-order valence-electron chi connectivity index (χ4n) is 2.22. The number of nitrogens with one attached hydrogen (secondary N) is 2. The first kappa shape index (κ1) is 14.8. The van der Waals surface area contributed by atoms with Crippen molar-refractivity contribution in [3.63, 3.8) is 0 Å². The highest BCUT2D eigenvalue weighted by Gasteiger charge is 2.12. The minimum atomic E-state index is -0.410. The highest BCUT2D eigenvalue weighted by molar-refractivity contribution is 5.98. The van der Waals surface area contributed by atoms with Crippen LogP contribution < -0.4 is 10.6 Å². The van der Waals surface area contributed by atoms with Crippen molar-refractivity contribution in [3.05, 3.63) is 53.0 Å². The Morgan fingerprint density at radius 1 is 1.14 bits per heavy atom. The van der Waals surface area contributed by atoms with Gasteiger partial charge in [0.15, 0.2) is 5.76 Å². The number of amides is 2. The van der Waals surface area contributed by atoms with E-state index in [4.69, 9.17) is 4.42 Å². The standard InChI is InChI=1S/C16H18N2O3/c1-10-7-11(2)15(12(3)8-10)18-14(19)9-17-16(20)13-5-4-6-21-13/h4-8H,9H2,1-3H3,(H,17,20)(H,18,19). The zero-order valence-corrected chi connectivity index (χ0v) is 12.3. The molecule has 1 heterocycles. The summed E-state index contributed by atoms with van der Waals surface area (Å²) in [6.45, 7) is 5.79. The number of rotatable bonds is 4. The molecule has 2 amide bonds. The minimum absolute atomic E-state index is 0.105. The molecule has 0 atom stereocenters. The average molecular weight is 286 g/mol. The third kappa shape index (κ3) is 3.72. The van der Waals surface area contributed by atoms with Crippen LogP contribution in [-0.4, -0.2) is 18.4 Å². The van der Waals surface area contributed by atoms with Crippen molar-refractivity contribution < 1.29 is 14.0 Å². The third-order valence-corrected chi connectivity index (χ3v) is 3.10. The Hall–Kier alpha value is -2.56. The van der Waals surface area contributed by atoms with Crippen molar-refractivity contribution in [2.24, 2.45) is 0 Å². The zero-order valence-electron chi connectivity index (χ0n) is 12.3. The molecule has 0 aliphatic heterocycles. The second-order valence-corrected chi connectivity index (χ2v) is 4.98. The monoisotopic (exact) mass is 286 g/mol. The Kier molecular flexibility index (Phi) is 4.42. The number of hydrogen-bond acceptors (Lipinski definition) is 3. The molecule has 21 heavy (non-hydrogen) atoms. The van der Waals surface area contributed by atoms with Crippen LogP contribution >= 0.6 is 0 Å². The summed E-state index contributed by atoms with van der Waals surface area (Å²) in [5, 5.41) is 5.33. The van der Waals surface area contributed by atoms with Crippen LogP contribution in [0, 0.1) is 20.8 Å². The second-order valence-electron chi connectivity index (χ2n) is 4.98. The first-order chi connectivity index (χ1) is 9.97. The van der Waals surface area contributed by atoms with Crippen LogP contribution in [0.2, 0.25) is 0 Å². The van der Waals surface area contributed by atoms with Gasteiger partial charge in [0.2, 0.25) is 5.91 Å². The molecule has 0 bridgehead atoms. The normalized spacial score (nSPS) is 10.2. The van der Waals surface area contributed by atoms with Gasteiger partial charge in [0.05, 0.1) is 12.8 Å². The summed E-state index contributed by atoms with van der Waals surface area (Å²) in [5.41, 5.74) is 3.93. The lowest BCUT2D eigenvalue weighted by molar-refractivity contribution is -0.115. The Bertz CT molecular complexity index is 637. The summed E-state index contributed by atoms with van der Waals surface area (Å²) in [6.07, 6.45) is 1.41.